The van der Waals surface area contributed by atoms with Gasteiger partial charge in [0.2, 0.25) is 0 Å². The summed E-state index contributed by atoms with van der Waals surface area (Å²) in [5.41, 5.74) is 1.05. The lowest BCUT2D eigenvalue weighted by Crippen LogP contribution is -2.45. The zero-order chi connectivity index (χ0) is 15.8. The zero-order valence-electron chi connectivity index (χ0n) is 13.1. The van der Waals surface area contributed by atoms with E-state index >= 15 is 0 Å². The molecule has 2 amide bonds. The number of rotatable bonds is 6. The van der Waals surface area contributed by atoms with E-state index in [1.807, 2.05) is 30.3 Å². The number of carbonyl (C=O) groups excluding carboxylic acids is 1. The zero-order valence-corrected chi connectivity index (χ0v) is 13.1. The highest BCUT2D eigenvalue weighted by atomic mass is 16.5. The molecule has 2 rings (SSSR count). The van der Waals surface area contributed by atoms with Crippen LogP contribution in [0.3, 0.4) is 0 Å². The summed E-state index contributed by atoms with van der Waals surface area (Å²) in [7, 11) is 1.65. The smallest absolute Gasteiger partial charge is 0.315 e. The number of aliphatic hydroxyl groups excluding tert-OH is 1. The Hall–Kier alpha value is -1.59. The van der Waals surface area contributed by atoms with Crippen molar-refractivity contribution in [2.45, 2.75) is 37.8 Å². The first-order valence-electron chi connectivity index (χ1n) is 7.96. The monoisotopic (exact) mass is 306 g/mol. The first-order chi connectivity index (χ1) is 10.7. The molecule has 0 bridgehead atoms. The van der Waals surface area contributed by atoms with Crippen molar-refractivity contribution in [1.82, 2.24) is 10.6 Å². The molecule has 1 aromatic carbocycles. The highest BCUT2D eigenvalue weighted by Gasteiger charge is 2.22. The Labute approximate surface area is 132 Å². The summed E-state index contributed by atoms with van der Waals surface area (Å²) >= 11 is 0. The van der Waals surface area contributed by atoms with Gasteiger partial charge >= 0.3 is 6.03 Å². The summed E-state index contributed by atoms with van der Waals surface area (Å²) in [4.78, 5) is 12.0. The van der Waals surface area contributed by atoms with Gasteiger partial charge in [0.15, 0.2) is 0 Å². The van der Waals surface area contributed by atoms with Crippen LogP contribution < -0.4 is 10.6 Å². The van der Waals surface area contributed by atoms with Gasteiger partial charge in [0.1, 0.15) is 0 Å². The Morgan fingerprint density at radius 2 is 1.95 bits per heavy atom. The lowest BCUT2D eigenvalue weighted by Gasteiger charge is -2.28. The van der Waals surface area contributed by atoms with Crippen molar-refractivity contribution in [2.24, 2.45) is 5.92 Å². The summed E-state index contributed by atoms with van der Waals surface area (Å²) in [6, 6.07) is 9.92. The Kier molecular flexibility index (Phi) is 6.68. The first-order valence-corrected chi connectivity index (χ1v) is 7.96. The second kappa shape index (κ2) is 8.76. The van der Waals surface area contributed by atoms with Crippen molar-refractivity contribution < 1.29 is 14.6 Å². The van der Waals surface area contributed by atoms with E-state index in [0.29, 0.717) is 12.5 Å². The number of urea groups is 1. The average molecular weight is 306 g/mol. The van der Waals surface area contributed by atoms with E-state index in [4.69, 9.17) is 9.84 Å². The number of benzene rings is 1. The number of ether oxygens (including phenoxy) is 1. The fourth-order valence-corrected chi connectivity index (χ4v) is 2.92. The van der Waals surface area contributed by atoms with Crippen molar-refractivity contribution in [2.75, 3.05) is 20.3 Å². The molecule has 1 aliphatic rings. The summed E-state index contributed by atoms with van der Waals surface area (Å²) in [5.74, 6) is 0.400. The molecule has 0 saturated heterocycles. The van der Waals surface area contributed by atoms with Crippen LogP contribution >= 0.6 is 0 Å². The third kappa shape index (κ3) is 5.00. The molecule has 0 radical (unpaired) electrons. The lowest BCUT2D eigenvalue weighted by molar-refractivity contribution is 0.103. The van der Waals surface area contributed by atoms with Gasteiger partial charge in [-0.05, 0) is 37.2 Å². The minimum Gasteiger partial charge on any atom is -0.396 e. The third-order valence-corrected chi connectivity index (χ3v) is 4.34. The first kappa shape index (κ1) is 16.8. The number of carbonyl (C=O) groups is 1. The van der Waals surface area contributed by atoms with Crippen molar-refractivity contribution in [3.8, 4) is 0 Å². The van der Waals surface area contributed by atoms with Gasteiger partial charge in [-0.25, -0.2) is 4.79 Å². The average Bonchev–Trinajstić information content (AvgIpc) is 2.57. The summed E-state index contributed by atoms with van der Waals surface area (Å²) in [6.07, 6.45) is 3.69. The molecule has 3 N–H and O–H groups in total. The Morgan fingerprint density at radius 1 is 1.27 bits per heavy atom. The quantitative estimate of drug-likeness (QED) is 0.755. The standard InChI is InChI=1S/C17H26N2O3/c1-22-16(14-5-3-2-4-6-14)11-18-17(21)19-15-9-7-13(12-20)8-10-15/h2-6,13,15-16,20H,7-12H2,1H3,(H2,18,19,21). The van der Waals surface area contributed by atoms with Crippen molar-refractivity contribution in [3.63, 3.8) is 0 Å². The molecule has 1 atom stereocenters. The molecule has 22 heavy (non-hydrogen) atoms. The van der Waals surface area contributed by atoms with Gasteiger partial charge in [-0.15, -0.1) is 0 Å². The van der Waals surface area contributed by atoms with Crippen LogP contribution in [0.2, 0.25) is 0 Å². The van der Waals surface area contributed by atoms with E-state index in [1.54, 1.807) is 7.11 Å². The van der Waals surface area contributed by atoms with Gasteiger partial charge in [-0.2, -0.15) is 0 Å². The van der Waals surface area contributed by atoms with Crippen molar-refractivity contribution in [3.05, 3.63) is 35.9 Å². The maximum Gasteiger partial charge on any atom is 0.315 e. The molecule has 0 heterocycles. The second-order valence-electron chi connectivity index (χ2n) is 5.89. The van der Waals surface area contributed by atoms with Crippen LogP contribution in [0, 0.1) is 5.92 Å². The Morgan fingerprint density at radius 3 is 2.55 bits per heavy atom. The Bertz CT molecular complexity index is 444. The number of nitrogens with one attached hydrogen (secondary N) is 2. The van der Waals surface area contributed by atoms with E-state index in [0.717, 1.165) is 31.2 Å². The molecule has 5 heteroatoms. The van der Waals surface area contributed by atoms with E-state index in [9.17, 15) is 4.79 Å². The van der Waals surface area contributed by atoms with E-state index in [2.05, 4.69) is 10.6 Å². The van der Waals surface area contributed by atoms with Crippen LogP contribution in [-0.2, 0) is 4.74 Å². The molecule has 1 aromatic rings. The largest absolute Gasteiger partial charge is 0.396 e. The van der Waals surface area contributed by atoms with Crippen LogP contribution in [0.1, 0.15) is 37.4 Å². The third-order valence-electron chi connectivity index (χ3n) is 4.34. The number of hydrogen-bond acceptors (Lipinski definition) is 3. The van der Waals surface area contributed by atoms with Crippen LogP contribution in [0.15, 0.2) is 30.3 Å². The van der Waals surface area contributed by atoms with Gasteiger partial charge in [-0.1, -0.05) is 30.3 Å². The minimum atomic E-state index is -0.148. The highest BCUT2D eigenvalue weighted by molar-refractivity contribution is 5.74. The number of methoxy groups -OCH3 is 1. The molecule has 1 unspecified atom stereocenters. The van der Waals surface area contributed by atoms with Gasteiger partial charge in [0, 0.05) is 26.3 Å². The molecule has 1 saturated carbocycles. The fraction of sp³-hybridized carbons (Fsp3) is 0.588. The van der Waals surface area contributed by atoms with Gasteiger partial charge in [-0.3, -0.25) is 0 Å². The van der Waals surface area contributed by atoms with Gasteiger partial charge < -0.3 is 20.5 Å². The Balaban J connectivity index is 1.73. The van der Waals surface area contributed by atoms with Crippen LogP contribution in [0.4, 0.5) is 4.79 Å². The molecule has 0 aliphatic heterocycles. The maximum atomic E-state index is 12.0. The van der Waals surface area contributed by atoms with Crippen LogP contribution in [-0.4, -0.2) is 37.4 Å². The van der Waals surface area contributed by atoms with E-state index in [-0.39, 0.29) is 24.8 Å². The SMILES string of the molecule is COC(CNC(=O)NC1CCC(CO)CC1)c1ccccc1. The molecule has 0 aromatic heterocycles. The van der Waals surface area contributed by atoms with E-state index < -0.39 is 0 Å². The summed E-state index contributed by atoms with van der Waals surface area (Å²) < 4.78 is 5.44. The fourth-order valence-electron chi connectivity index (χ4n) is 2.92. The number of aliphatic hydroxyl groups is 1. The molecular formula is C17H26N2O3. The topological polar surface area (TPSA) is 70.6 Å². The number of hydrogen-bond donors (Lipinski definition) is 3. The van der Waals surface area contributed by atoms with Crippen LogP contribution in [0.25, 0.3) is 0 Å². The maximum absolute atomic E-state index is 12.0. The predicted octanol–water partition coefficient (Wildman–Crippen LogP) is 2.22. The minimum absolute atomic E-state index is 0.142. The molecule has 122 valence electrons. The van der Waals surface area contributed by atoms with E-state index in [1.165, 1.54) is 0 Å². The summed E-state index contributed by atoms with van der Waals surface area (Å²) in [5, 5.41) is 15.0. The lowest BCUT2D eigenvalue weighted by atomic mass is 9.87. The van der Waals surface area contributed by atoms with Crippen molar-refractivity contribution >= 4 is 6.03 Å². The van der Waals surface area contributed by atoms with Gasteiger partial charge in [0.05, 0.1) is 6.10 Å². The molecule has 5 nitrogen and oxygen atoms in total. The molecule has 1 fully saturated rings. The normalized spacial score (nSPS) is 22.8. The molecular weight excluding hydrogens is 280 g/mol. The second-order valence-corrected chi connectivity index (χ2v) is 5.89. The van der Waals surface area contributed by atoms with Crippen molar-refractivity contribution in [1.29, 1.82) is 0 Å². The number of amides is 2. The highest BCUT2D eigenvalue weighted by Crippen LogP contribution is 2.23. The summed E-state index contributed by atoms with van der Waals surface area (Å²) in [6.45, 7) is 0.698. The molecule has 0 spiro atoms. The molecule has 1 aliphatic carbocycles. The van der Waals surface area contributed by atoms with Gasteiger partial charge in [0.25, 0.3) is 0 Å². The predicted molar refractivity (Wildman–Crippen MR) is 85.6 cm³/mol. The van der Waals surface area contributed by atoms with Crippen LogP contribution in [0.5, 0.6) is 0 Å².